The van der Waals surface area contributed by atoms with Crippen LogP contribution in [0, 0.1) is 0 Å². The lowest BCUT2D eigenvalue weighted by Crippen LogP contribution is -2.46. The molecule has 3 fully saturated rings. The van der Waals surface area contributed by atoms with E-state index in [2.05, 4.69) is 41.9 Å². The number of ketones is 1. The molecule has 3 atom stereocenters. The van der Waals surface area contributed by atoms with Crippen LogP contribution in [0.4, 0.5) is 4.39 Å². The predicted octanol–water partition coefficient (Wildman–Crippen LogP) is 5.73. The van der Waals surface area contributed by atoms with E-state index in [9.17, 15) is 18.0 Å². The van der Waals surface area contributed by atoms with Gasteiger partial charge in [-0.25, -0.2) is 12.8 Å². The molecule has 2 saturated carbocycles. The summed E-state index contributed by atoms with van der Waals surface area (Å²) in [5, 5.41) is 8.65. The average molecular weight is 670 g/mol. The molecule has 3 N–H and O–H groups in total. The summed E-state index contributed by atoms with van der Waals surface area (Å²) in [6.45, 7) is 11.2. The predicted molar refractivity (Wildman–Crippen MR) is 184 cm³/mol. The highest BCUT2D eigenvalue weighted by atomic mass is 32.2. The van der Waals surface area contributed by atoms with Gasteiger partial charge in [-0.2, -0.15) is 0 Å². The van der Waals surface area contributed by atoms with Crippen LogP contribution in [0.1, 0.15) is 104 Å². The highest BCUT2D eigenvalue weighted by molar-refractivity contribution is 7.91. The van der Waals surface area contributed by atoms with Crippen LogP contribution in [0.2, 0.25) is 0 Å². The molecule has 10 heteroatoms. The zero-order chi connectivity index (χ0) is 34.2. The third-order valence-electron chi connectivity index (χ3n) is 10.7. The van der Waals surface area contributed by atoms with Gasteiger partial charge >= 0.3 is 0 Å². The number of benzene rings is 2. The number of hydrogen-bond acceptors (Lipinski definition) is 7. The smallest absolute Gasteiger partial charge is 0.230 e. The van der Waals surface area contributed by atoms with E-state index in [1.807, 2.05) is 30.3 Å². The summed E-state index contributed by atoms with van der Waals surface area (Å²) >= 11 is 0. The normalized spacial score (nSPS) is 24.1. The number of hydrogen-bond donors (Lipinski definition) is 3. The zero-order valence-electron chi connectivity index (χ0n) is 28.7. The minimum atomic E-state index is -3.44. The van der Waals surface area contributed by atoms with Crippen molar-refractivity contribution >= 4 is 21.5 Å². The lowest BCUT2D eigenvalue weighted by Gasteiger charge is -2.38. The van der Waals surface area contributed by atoms with E-state index in [-0.39, 0.29) is 54.8 Å². The molecule has 2 aromatic carbocycles. The van der Waals surface area contributed by atoms with Crippen LogP contribution in [0.15, 0.2) is 42.5 Å². The van der Waals surface area contributed by atoms with Crippen molar-refractivity contribution in [1.29, 1.82) is 0 Å². The second-order valence-corrected chi connectivity index (χ2v) is 17.7. The van der Waals surface area contributed by atoms with Crippen molar-refractivity contribution in [1.82, 2.24) is 16.0 Å². The molecule has 47 heavy (non-hydrogen) atoms. The van der Waals surface area contributed by atoms with Crippen molar-refractivity contribution in [2.24, 2.45) is 0 Å². The Morgan fingerprint density at radius 1 is 1.06 bits per heavy atom. The quantitative estimate of drug-likeness (QED) is 0.250. The van der Waals surface area contributed by atoms with Gasteiger partial charge in [-0.1, -0.05) is 44.2 Å². The number of alkyl halides is 1. The Morgan fingerprint density at radius 2 is 1.79 bits per heavy atom. The maximum absolute atomic E-state index is 15.5. The van der Waals surface area contributed by atoms with Crippen molar-refractivity contribution in [2.75, 3.05) is 19.0 Å². The van der Waals surface area contributed by atoms with Gasteiger partial charge in [-0.05, 0) is 101 Å². The lowest BCUT2D eigenvalue weighted by molar-refractivity contribution is -0.129. The molecule has 2 aliphatic carbocycles. The molecule has 1 spiro atoms. The van der Waals surface area contributed by atoms with Crippen LogP contribution in [0.25, 0.3) is 11.1 Å². The van der Waals surface area contributed by atoms with Crippen molar-refractivity contribution in [2.45, 2.75) is 126 Å². The van der Waals surface area contributed by atoms with Gasteiger partial charge < -0.3 is 20.7 Å². The molecule has 5 rings (SSSR count). The summed E-state index contributed by atoms with van der Waals surface area (Å²) in [4.78, 5) is 26.3. The number of halogens is 1. The fourth-order valence-electron chi connectivity index (χ4n) is 7.11. The lowest BCUT2D eigenvalue weighted by atomic mass is 9.73. The second-order valence-electron chi connectivity index (χ2n) is 15.1. The number of carbonyl (C=O) groups excluding carboxylic acids is 2. The molecule has 0 bridgehead atoms. The van der Waals surface area contributed by atoms with Crippen molar-refractivity contribution in [3.63, 3.8) is 0 Å². The summed E-state index contributed by atoms with van der Waals surface area (Å²) in [6.07, 6.45) is 5.47. The van der Waals surface area contributed by atoms with E-state index in [4.69, 9.17) is 4.74 Å². The second kappa shape index (κ2) is 13.6. The zero-order valence-corrected chi connectivity index (χ0v) is 29.6. The van der Waals surface area contributed by atoms with E-state index in [0.717, 1.165) is 54.4 Å². The van der Waals surface area contributed by atoms with Gasteiger partial charge in [0.2, 0.25) is 5.91 Å². The Balaban J connectivity index is 1.31. The van der Waals surface area contributed by atoms with Crippen LogP contribution in [-0.2, 0) is 24.8 Å². The fourth-order valence-corrected chi connectivity index (χ4v) is 7.78. The standard InChI is InChI=1S/C37H52FN3O5S/c1-24(2)29-10-7-8-11-30(29)31-18-26(35(5,6)34(43)40-23-47(44,45)25(3)4)12-15-32(31)46-28-14-13-27(19-28)39-20-33(42)37(38)21-36(41-22-37)16-9-17-36/h7-8,10-12,15,18,24-25,27-28,39,41H,9,13-14,16-17,19-23H2,1-6H3,(H,40,43)/t27-,28-,37+/m1/s1. The number of rotatable bonds is 13. The molecule has 1 heterocycles. The van der Waals surface area contributed by atoms with Gasteiger partial charge in [-0.3, -0.25) is 9.59 Å². The largest absolute Gasteiger partial charge is 0.490 e. The third kappa shape index (κ3) is 7.60. The number of ether oxygens (including phenoxy) is 1. The van der Waals surface area contributed by atoms with Crippen molar-refractivity contribution in [3.05, 3.63) is 53.6 Å². The number of amides is 1. The Hall–Kier alpha value is -2.82. The van der Waals surface area contributed by atoms with Crippen LogP contribution >= 0.6 is 0 Å². The summed E-state index contributed by atoms with van der Waals surface area (Å²) in [7, 11) is -3.44. The molecule has 0 unspecified atom stereocenters. The maximum Gasteiger partial charge on any atom is 0.230 e. The number of sulfone groups is 1. The Labute approximate surface area is 279 Å². The molecule has 1 saturated heterocycles. The van der Waals surface area contributed by atoms with E-state index in [1.54, 1.807) is 27.7 Å². The van der Waals surface area contributed by atoms with Crippen LogP contribution in [0.3, 0.4) is 0 Å². The van der Waals surface area contributed by atoms with Crippen molar-refractivity contribution < 1.29 is 27.1 Å². The third-order valence-corrected chi connectivity index (χ3v) is 12.7. The highest BCUT2D eigenvalue weighted by Gasteiger charge is 2.54. The fraction of sp³-hybridized carbons (Fsp3) is 0.622. The minimum Gasteiger partial charge on any atom is -0.490 e. The molecule has 2 aromatic rings. The molecule has 1 amide bonds. The topological polar surface area (TPSA) is 114 Å². The highest BCUT2D eigenvalue weighted by Crippen LogP contribution is 2.44. The average Bonchev–Trinajstić information content (AvgIpc) is 3.63. The van der Waals surface area contributed by atoms with Gasteiger partial charge in [0.15, 0.2) is 21.3 Å². The summed E-state index contributed by atoms with van der Waals surface area (Å²) in [5.41, 5.74) is 0.789. The summed E-state index contributed by atoms with van der Waals surface area (Å²) in [6, 6.07) is 14.0. The van der Waals surface area contributed by atoms with Gasteiger partial charge in [0.1, 0.15) is 17.7 Å². The van der Waals surface area contributed by atoms with Crippen LogP contribution in [0.5, 0.6) is 5.75 Å². The Bertz CT molecular complexity index is 1590. The van der Waals surface area contributed by atoms with Gasteiger partial charge in [0, 0.05) is 30.1 Å². The molecule has 1 aliphatic heterocycles. The van der Waals surface area contributed by atoms with E-state index in [0.29, 0.717) is 12.2 Å². The first-order valence-electron chi connectivity index (χ1n) is 17.2. The van der Waals surface area contributed by atoms with Gasteiger partial charge in [0.25, 0.3) is 0 Å². The van der Waals surface area contributed by atoms with Gasteiger partial charge in [0.05, 0.1) is 17.2 Å². The SMILES string of the molecule is CC(C)c1ccccc1-c1cc(C(C)(C)C(=O)NCS(=O)(=O)C(C)C)ccc1O[C@@H]1CC[C@@H](NCC(=O)[C@@]2(F)CNC3(CCC3)C2)C1. The van der Waals surface area contributed by atoms with Gasteiger partial charge in [-0.15, -0.1) is 0 Å². The first kappa shape index (κ1) is 35.5. The number of nitrogens with one attached hydrogen (secondary N) is 3. The summed E-state index contributed by atoms with van der Waals surface area (Å²) in [5.74, 6) is -0.207. The molecule has 0 aromatic heterocycles. The van der Waals surface area contributed by atoms with Crippen molar-refractivity contribution in [3.8, 4) is 16.9 Å². The van der Waals surface area contributed by atoms with E-state index >= 15 is 4.39 Å². The summed E-state index contributed by atoms with van der Waals surface area (Å²) < 4.78 is 46.9. The number of carbonyl (C=O) groups is 2. The molecule has 3 aliphatic rings. The molecule has 8 nitrogen and oxygen atoms in total. The molecular formula is C37H52FN3O5S. The van der Waals surface area contributed by atoms with Crippen LogP contribution in [-0.4, -0.2) is 67.7 Å². The van der Waals surface area contributed by atoms with E-state index in [1.165, 1.54) is 0 Å². The molecule has 0 radical (unpaired) electrons. The Morgan fingerprint density at radius 3 is 2.43 bits per heavy atom. The Kier molecular flexibility index (Phi) is 10.3. The first-order valence-corrected chi connectivity index (χ1v) is 18.9. The first-order chi connectivity index (χ1) is 22.1. The van der Waals surface area contributed by atoms with E-state index < -0.39 is 32.0 Å². The number of Topliss-reactive ketones (excluding diaryl/α,β-unsaturated/α-hetero) is 1. The molecular weight excluding hydrogens is 617 g/mol. The maximum atomic E-state index is 15.5. The minimum absolute atomic E-state index is 0.0168. The molecule has 258 valence electrons. The van der Waals surface area contributed by atoms with Crippen LogP contribution < -0.4 is 20.7 Å². The monoisotopic (exact) mass is 669 g/mol.